The second-order valence-electron chi connectivity index (χ2n) is 9.53. The van der Waals surface area contributed by atoms with Gasteiger partial charge < -0.3 is 16.0 Å². The molecule has 0 spiro atoms. The monoisotopic (exact) mass is 401 g/mol. The van der Waals surface area contributed by atoms with Gasteiger partial charge in [-0.1, -0.05) is 38.1 Å². The van der Waals surface area contributed by atoms with Crippen molar-refractivity contribution < 1.29 is 4.79 Å². The quantitative estimate of drug-likeness (QED) is 0.506. The third kappa shape index (κ3) is 8.86. The molecular weight excluding hydrogens is 362 g/mol. The molecule has 0 aromatic heterocycles. The molecule has 29 heavy (non-hydrogen) atoms. The fourth-order valence-electron chi connectivity index (χ4n) is 3.97. The summed E-state index contributed by atoms with van der Waals surface area (Å²) in [7, 11) is 1.71. The van der Waals surface area contributed by atoms with Gasteiger partial charge in [0.15, 0.2) is 5.96 Å². The maximum Gasteiger partial charge on any atom is 0.239 e. The van der Waals surface area contributed by atoms with Gasteiger partial charge >= 0.3 is 0 Å². The van der Waals surface area contributed by atoms with Crippen LogP contribution in [0, 0.1) is 11.8 Å². The molecule has 1 aliphatic heterocycles. The standard InChI is InChI=1S/C23H39N5O/c1-17-11-18(2)15-28(14-17)16-20-9-7-19(8-10-20)12-25-22(24-6)26-13-21(29)27-23(3,4)5/h7-10,17-18H,11-16H2,1-6H3,(H,27,29)(H2,24,25,26). The number of aliphatic imine (C=N–C) groups is 1. The molecule has 0 aliphatic carbocycles. The fraction of sp³-hybridized carbons (Fsp3) is 0.652. The maximum absolute atomic E-state index is 11.9. The molecule has 0 saturated carbocycles. The van der Waals surface area contributed by atoms with Crippen LogP contribution in [0.15, 0.2) is 29.3 Å². The number of amides is 1. The molecule has 1 aromatic rings. The number of nitrogens with zero attached hydrogens (tertiary/aromatic N) is 2. The third-order valence-electron chi connectivity index (χ3n) is 4.99. The van der Waals surface area contributed by atoms with Crippen LogP contribution in [0.1, 0.15) is 52.2 Å². The van der Waals surface area contributed by atoms with Gasteiger partial charge in [-0.25, -0.2) is 0 Å². The number of hydrogen-bond donors (Lipinski definition) is 3. The van der Waals surface area contributed by atoms with Gasteiger partial charge in [0.05, 0.1) is 6.54 Å². The van der Waals surface area contributed by atoms with Crippen molar-refractivity contribution >= 4 is 11.9 Å². The summed E-state index contributed by atoms with van der Waals surface area (Å²) in [6, 6.07) is 8.76. The molecule has 1 amide bonds. The Balaban J connectivity index is 1.77. The van der Waals surface area contributed by atoms with Crippen LogP contribution in [-0.4, -0.2) is 49.0 Å². The topological polar surface area (TPSA) is 68.8 Å². The first-order valence-corrected chi connectivity index (χ1v) is 10.7. The lowest BCUT2D eigenvalue weighted by Crippen LogP contribution is -2.48. The smallest absolute Gasteiger partial charge is 0.239 e. The second-order valence-corrected chi connectivity index (χ2v) is 9.53. The number of hydrogen-bond acceptors (Lipinski definition) is 3. The lowest BCUT2D eigenvalue weighted by atomic mass is 9.91. The van der Waals surface area contributed by atoms with Gasteiger partial charge in [-0.15, -0.1) is 0 Å². The van der Waals surface area contributed by atoms with Gasteiger partial charge in [-0.05, 0) is 50.2 Å². The molecule has 2 atom stereocenters. The normalized spacial score (nSPS) is 21.0. The van der Waals surface area contributed by atoms with Gasteiger partial charge in [0, 0.05) is 38.8 Å². The molecular formula is C23H39N5O. The number of piperidine rings is 1. The summed E-state index contributed by atoms with van der Waals surface area (Å²) in [4.78, 5) is 18.7. The molecule has 3 N–H and O–H groups in total. The zero-order valence-corrected chi connectivity index (χ0v) is 19.0. The summed E-state index contributed by atoms with van der Waals surface area (Å²) in [6.07, 6.45) is 1.34. The summed E-state index contributed by atoms with van der Waals surface area (Å²) in [5, 5.41) is 9.25. The van der Waals surface area contributed by atoms with Gasteiger partial charge in [0.2, 0.25) is 5.91 Å². The van der Waals surface area contributed by atoms with Crippen LogP contribution in [0.5, 0.6) is 0 Å². The SMILES string of the molecule is CN=C(NCC(=O)NC(C)(C)C)NCc1ccc(CN2CC(C)CC(C)C2)cc1. The largest absolute Gasteiger partial charge is 0.352 e. The Morgan fingerprint density at radius 2 is 1.66 bits per heavy atom. The van der Waals surface area contributed by atoms with Crippen LogP contribution in [0.25, 0.3) is 0 Å². The number of rotatable bonds is 6. The Morgan fingerprint density at radius 1 is 1.07 bits per heavy atom. The van der Waals surface area contributed by atoms with E-state index in [1.54, 1.807) is 7.05 Å². The number of carbonyl (C=O) groups excluding carboxylic acids is 1. The van der Waals surface area contributed by atoms with E-state index in [4.69, 9.17) is 0 Å². The molecule has 0 radical (unpaired) electrons. The molecule has 6 nitrogen and oxygen atoms in total. The molecule has 1 saturated heterocycles. The summed E-state index contributed by atoms with van der Waals surface area (Å²) >= 11 is 0. The fourth-order valence-corrected chi connectivity index (χ4v) is 3.97. The highest BCUT2D eigenvalue weighted by Gasteiger charge is 2.21. The molecule has 2 rings (SSSR count). The highest BCUT2D eigenvalue weighted by atomic mass is 16.2. The molecule has 1 fully saturated rings. The Kier molecular flexibility index (Phi) is 8.50. The molecule has 6 heteroatoms. The average molecular weight is 402 g/mol. The number of benzene rings is 1. The van der Waals surface area contributed by atoms with Crippen molar-refractivity contribution in [3.8, 4) is 0 Å². The van der Waals surface area contributed by atoms with Crippen molar-refractivity contribution in [2.75, 3.05) is 26.7 Å². The molecule has 162 valence electrons. The van der Waals surface area contributed by atoms with Crippen LogP contribution < -0.4 is 16.0 Å². The number of carbonyl (C=O) groups is 1. The zero-order valence-electron chi connectivity index (χ0n) is 19.0. The Bertz CT molecular complexity index is 668. The van der Waals surface area contributed by atoms with Crippen LogP contribution in [-0.2, 0) is 17.9 Å². The first-order valence-electron chi connectivity index (χ1n) is 10.7. The highest BCUT2D eigenvalue weighted by molar-refractivity contribution is 5.86. The number of guanidine groups is 1. The minimum Gasteiger partial charge on any atom is -0.352 e. The van der Waals surface area contributed by atoms with E-state index < -0.39 is 0 Å². The predicted octanol–water partition coefficient (Wildman–Crippen LogP) is 2.74. The van der Waals surface area contributed by atoms with Crippen molar-refractivity contribution in [2.45, 2.75) is 59.7 Å². The second kappa shape index (κ2) is 10.6. The zero-order chi connectivity index (χ0) is 21.4. The van der Waals surface area contributed by atoms with E-state index >= 15 is 0 Å². The van der Waals surface area contributed by atoms with Crippen molar-refractivity contribution in [2.24, 2.45) is 16.8 Å². The summed E-state index contributed by atoms with van der Waals surface area (Å²) < 4.78 is 0. The van der Waals surface area contributed by atoms with E-state index in [2.05, 4.69) is 64.0 Å². The molecule has 0 bridgehead atoms. The first-order chi connectivity index (χ1) is 13.6. The van der Waals surface area contributed by atoms with Gasteiger partial charge in [-0.3, -0.25) is 14.7 Å². The minimum atomic E-state index is -0.234. The van der Waals surface area contributed by atoms with Crippen molar-refractivity contribution in [3.63, 3.8) is 0 Å². The number of likely N-dealkylation sites (tertiary alicyclic amines) is 1. The molecule has 1 aliphatic rings. The van der Waals surface area contributed by atoms with E-state index in [-0.39, 0.29) is 18.0 Å². The minimum absolute atomic E-state index is 0.0499. The van der Waals surface area contributed by atoms with E-state index in [0.29, 0.717) is 12.5 Å². The summed E-state index contributed by atoms with van der Waals surface area (Å²) in [5.74, 6) is 2.14. The van der Waals surface area contributed by atoms with Crippen molar-refractivity contribution in [1.82, 2.24) is 20.9 Å². The van der Waals surface area contributed by atoms with E-state index in [0.717, 1.165) is 18.4 Å². The van der Waals surface area contributed by atoms with E-state index in [1.165, 1.54) is 30.6 Å². The maximum atomic E-state index is 11.9. The van der Waals surface area contributed by atoms with E-state index in [9.17, 15) is 4.79 Å². The predicted molar refractivity (Wildman–Crippen MR) is 121 cm³/mol. The molecule has 2 unspecified atom stereocenters. The first kappa shape index (κ1) is 23.2. The van der Waals surface area contributed by atoms with Gasteiger partial charge in [-0.2, -0.15) is 0 Å². The van der Waals surface area contributed by atoms with Crippen molar-refractivity contribution in [1.29, 1.82) is 0 Å². The Hall–Kier alpha value is -2.08. The van der Waals surface area contributed by atoms with Crippen molar-refractivity contribution in [3.05, 3.63) is 35.4 Å². The number of nitrogens with one attached hydrogen (secondary N) is 3. The lowest BCUT2D eigenvalue weighted by Gasteiger charge is -2.35. The third-order valence-corrected chi connectivity index (χ3v) is 4.99. The van der Waals surface area contributed by atoms with Crippen LogP contribution in [0.3, 0.4) is 0 Å². The van der Waals surface area contributed by atoms with Gasteiger partial charge in [0.1, 0.15) is 0 Å². The van der Waals surface area contributed by atoms with Gasteiger partial charge in [0.25, 0.3) is 0 Å². The van der Waals surface area contributed by atoms with Crippen LogP contribution in [0.4, 0.5) is 0 Å². The summed E-state index contributed by atoms with van der Waals surface area (Å²) in [6.45, 7) is 14.9. The van der Waals surface area contributed by atoms with Crippen LogP contribution in [0.2, 0.25) is 0 Å². The Morgan fingerprint density at radius 3 is 2.21 bits per heavy atom. The molecule has 1 aromatic carbocycles. The van der Waals surface area contributed by atoms with Crippen LogP contribution >= 0.6 is 0 Å². The summed E-state index contributed by atoms with van der Waals surface area (Å²) in [5.41, 5.74) is 2.31. The molecule has 1 heterocycles. The lowest BCUT2D eigenvalue weighted by molar-refractivity contribution is -0.121. The average Bonchev–Trinajstić information content (AvgIpc) is 2.61. The highest BCUT2D eigenvalue weighted by Crippen LogP contribution is 2.22. The van der Waals surface area contributed by atoms with E-state index in [1.807, 2.05) is 20.8 Å². The Labute approximate surface area is 176 Å².